The number of nitrogen functional groups attached to an aromatic ring is 1. The maximum absolute atomic E-state index is 13.5. The number of benzene rings is 1. The fraction of sp³-hybridized carbons (Fsp3) is 0.154. The van der Waals surface area contributed by atoms with Crippen LogP contribution < -0.4 is 11.3 Å². The van der Waals surface area contributed by atoms with E-state index in [1.807, 2.05) is 0 Å². The highest BCUT2D eigenvalue weighted by Gasteiger charge is 2.19. The molecule has 5 nitrogen and oxygen atoms in total. The van der Waals surface area contributed by atoms with Gasteiger partial charge >= 0.3 is 0 Å². The monoisotopic (exact) mass is 314 g/mol. The minimum Gasteiger partial charge on any atom is -0.398 e. The molecule has 0 atom stereocenters. The maximum atomic E-state index is 13.5. The Labute approximate surface area is 119 Å². The minimum atomic E-state index is -3.98. The Morgan fingerprint density at radius 3 is 2.52 bits per heavy atom. The van der Waals surface area contributed by atoms with Gasteiger partial charge in [-0.2, -0.15) is 0 Å². The number of anilines is 1. The van der Waals surface area contributed by atoms with E-state index in [9.17, 15) is 22.0 Å². The average Bonchev–Trinajstić information content (AvgIpc) is 2.39. The zero-order valence-electron chi connectivity index (χ0n) is 10.8. The second kappa shape index (κ2) is 5.65. The number of pyridine rings is 1. The number of hydrogen-bond donors (Lipinski definition) is 1. The number of aromatic nitrogens is 1. The first-order chi connectivity index (χ1) is 9.79. The van der Waals surface area contributed by atoms with Crippen LogP contribution in [0.15, 0.2) is 46.2 Å². The van der Waals surface area contributed by atoms with Gasteiger partial charge in [0, 0.05) is 30.6 Å². The Morgan fingerprint density at radius 2 is 1.86 bits per heavy atom. The lowest BCUT2D eigenvalue weighted by Gasteiger charge is -2.08. The summed E-state index contributed by atoms with van der Waals surface area (Å²) >= 11 is 0. The zero-order valence-corrected chi connectivity index (χ0v) is 11.6. The molecule has 1 aromatic carbocycles. The van der Waals surface area contributed by atoms with Crippen molar-refractivity contribution in [1.29, 1.82) is 0 Å². The summed E-state index contributed by atoms with van der Waals surface area (Å²) in [6, 6.07) is 4.83. The van der Waals surface area contributed by atoms with Crippen LogP contribution in [0.5, 0.6) is 0 Å². The van der Waals surface area contributed by atoms with E-state index in [1.165, 1.54) is 18.3 Å². The highest BCUT2D eigenvalue weighted by atomic mass is 32.2. The summed E-state index contributed by atoms with van der Waals surface area (Å²) in [6.45, 7) is -0.178. The molecular weight excluding hydrogens is 302 g/mol. The fourth-order valence-corrected chi connectivity index (χ4v) is 3.07. The van der Waals surface area contributed by atoms with E-state index >= 15 is 0 Å². The third kappa shape index (κ3) is 3.46. The van der Waals surface area contributed by atoms with Crippen LogP contribution in [0.2, 0.25) is 0 Å². The van der Waals surface area contributed by atoms with Crippen molar-refractivity contribution < 1.29 is 17.2 Å². The number of sulfone groups is 1. The van der Waals surface area contributed by atoms with Crippen LogP contribution in [-0.4, -0.2) is 18.7 Å². The van der Waals surface area contributed by atoms with Gasteiger partial charge in [-0.3, -0.25) is 4.79 Å². The van der Waals surface area contributed by atoms with E-state index in [0.29, 0.717) is 11.8 Å². The van der Waals surface area contributed by atoms with E-state index in [2.05, 4.69) is 0 Å². The van der Waals surface area contributed by atoms with Crippen molar-refractivity contribution in [2.75, 3.05) is 11.5 Å². The van der Waals surface area contributed by atoms with Crippen LogP contribution in [0, 0.1) is 11.6 Å². The lowest BCUT2D eigenvalue weighted by atomic mass is 10.3. The molecule has 1 aromatic heterocycles. The van der Waals surface area contributed by atoms with Crippen LogP contribution >= 0.6 is 0 Å². The molecule has 0 spiro atoms. The smallest absolute Gasteiger partial charge is 0.250 e. The minimum absolute atomic E-state index is 0.178. The molecule has 8 heteroatoms. The molecule has 0 saturated heterocycles. The number of aryl methyl sites for hydroxylation is 1. The Kier molecular flexibility index (Phi) is 4.08. The number of nitrogens with zero attached hydrogens (tertiary/aromatic N) is 1. The topological polar surface area (TPSA) is 82.2 Å². The summed E-state index contributed by atoms with van der Waals surface area (Å²) in [5.74, 6) is -2.52. The summed E-state index contributed by atoms with van der Waals surface area (Å²) in [5.41, 5.74) is 5.40. The van der Waals surface area contributed by atoms with E-state index in [1.54, 1.807) is 0 Å². The largest absolute Gasteiger partial charge is 0.398 e. The second-order valence-corrected chi connectivity index (χ2v) is 6.47. The molecule has 0 saturated carbocycles. The molecule has 0 fully saturated rings. The molecule has 0 unspecified atom stereocenters. The molecule has 0 aliphatic heterocycles. The summed E-state index contributed by atoms with van der Waals surface area (Å²) in [7, 11) is -3.98. The van der Waals surface area contributed by atoms with Crippen molar-refractivity contribution in [3.8, 4) is 0 Å². The van der Waals surface area contributed by atoms with Gasteiger partial charge in [0.25, 0.3) is 5.56 Å². The maximum Gasteiger partial charge on any atom is 0.250 e. The molecule has 0 aliphatic carbocycles. The van der Waals surface area contributed by atoms with Crippen molar-refractivity contribution >= 4 is 15.5 Å². The Morgan fingerprint density at radius 1 is 1.14 bits per heavy atom. The average molecular weight is 314 g/mol. The molecule has 0 radical (unpaired) electrons. The molecule has 0 amide bonds. The van der Waals surface area contributed by atoms with E-state index in [4.69, 9.17) is 5.73 Å². The number of halogens is 2. The number of hydrogen-bond acceptors (Lipinski definition) is 4. The standard InChI is InChI=1S/C13H12F2N2O3S/c14-9-1-3-12(11(15)7-9)21(19,20)6-5-17-8-10(16)2-4-13(17)18/h1-4,7-8H,5-6,16H2. The Balaban J connectivity index is 2.26. The van der Waals surface area contributed by atoms with Crippen molar-refractivity contribution in [3.05, 3.63) is 58.5 Å². The second-order valence-electron chi connectivity index (χ2n) is 4.39. The fourth-order valence-electron chi connectivity index (χ4n) is 1.78. The molecule has 1 heterocycles. The van der Waals surface area contributed by atoms with Crippen LogP contribution in [0.3, 0.4) is 0 Å². The quantitative estimate of drug-likeness (QED) is 0.859. The predicted molar refractivity (Wildman–Crippen MR) is 73.5 cm³/mol. The zero-order chi connectivity index (χ0) is 15.6. The van der Waals surface area contributed by atoms with Gasteiger partial charge in [0.15, 0.2) is 9.84 Å². The van der Waals surface area contributed by atoms with Gasteiger partial charge in [-0.05, 0) is 18.2 Å². The molecule has 0 bridgehead atoms. The van der Waals surface area contributed by atoms with E-state index < -0.39 is 37.7 Å². The van der Waals surface area contributed by atoms with Gasteiger partial charge in [-0.25, -0.2) is 17.2 Å². The first-order valence-corrected chi connectivity index (χ1v) is 7.58. The molecule has 2 N–H and O–H groups in total. The van der Waals surface area contributed by atoms with Gasteiger partial charge in [0.2, 0.25) is 0 Å². The lowest BCUT2D eigenvalue weighted by Crippen LogP contribution is -2.23. The van der Waals surface area contributed by atoms with Crippen molar-refractivity contribution in [2.24, 2.45) is 0 Å². The normalized spacial score (nSPS) is 11.5. The van der Waals surface area contributed by atoms with Gasteiger partial charge < -0.3 is 10.3 Å². The highest BCUT2D eigenvalue weighted by molar-refractivity contribution is 7.91. The third-order valence-corrected chi connectivity index (χ3v) is 4.56. The number of rotatable bonds is 4. The first kappa shape index (κ1) is 15.2. The number of nitrogens with two attached hydrogens (primary N) is 1. The first-order valence-electron chi connectivity index (χ1n) is 5.93. The molecule has 2 aromatic rings. The Hall–Kier alpha value is -2.22. The SMILES string of the molecule is Nc1ccc(=O)n(CCS(=O)(=O)c2ccc(F)cc2F)c1. The summed E-state index contributed by atoms with van der Waals surface area (Å²) in [6.07, 6.45) is 1.30. The molecule has 112 valence electrons. The molecule has 0 aliphatic rings. The third-order valence-electron chi connectivity index (χ3n) is 2.84. The van der Waals surface area contributed by atoms with Crippen molar-refractivity contribution in [1.82, 2.24) is 4.57 Å². The van der Waals surface area contributed by atoms with Gasteiger partial charge in [0.1, 0.15) is 16.5 Å². The van der Waals surface area contributed by atoms with Crippen LogP contribution in [0.1, 0.15) is 0 Å². The van der Waals surface area contributed by atoms with Crippen LogP contribution in [-0.2, 0) is 16.4 Å². The molecule has 2 rings (SSSR count). The highest BCUT2D eigenvalue weighted by Crippen LogP contribution is 2.17. The summed E-state index contributed by atoms with van der Waals surface area (Å²) in [5, 5.41) is 0. The Bertz CT molecular complexity index is 832. The van der Waals surface area contributed by atoms with Crippen LogP contribution in [0.25, 0.3) is 0 Å². The van der Waals surface area contributed by atoms with Crippen LogP contribution in [0.4, 0.5) is 14.5 Å². The molecular formula is C13H12F2N2O3S. The van der Waals surface area contributed by atoms with Gasteiger partial charge in [0.05, 0.1) is 5.75 Å². The van der Waals surface area contributed by atoms with Crippen molar-refractivity contribution in [3.63, 3.8) is 0 Å². The van der Waals surface area contributed by atoms with E-state index in [0.717, 1.165) is 16.7 Å². The molecule has 21 heavy (non-hydrogen) atoms. The lowest BCUT2D eigenvalue weighted by molar-refractivity contribution is 0.546. The van der Waals surface area contributed by atoms with E-state index in [-0.39, 0.29) is 6.54 Å². The van der Waals surface area contributed by atoms with Gasteiger partial charge in [-0.1, -0.05) is 0 Å². The van der Waals surface area contributed by atoms with Gasteiger partial charge in [-0.15, -0.1) is 0 Å². The summed E-state index contributed by atoms with van der Waals surface area (Å²) in [4.78, 5) is 10.9. The summed E-state index contributed by atoms with van der Waals surface area (Å²) < 4.78 is 51.5. The van der Waals surface area contributed by atoms with Crippen molar-refractivity contribution in [2.45, 2.75) is 11.4 Å². The predicted octanol–water partition coefficient (Wildman–Crippen LogP) is 1.18.